The highest BCUT2D eigenvalue weighted by atomic mass is 16.2. The second kappa shape index (κ2) is 9.43. The van der Waals surface area contributed by atoms with E-state index in [1.54, 1.807) is 6.20 Å². The van der Waals surface area contributed by atoms with E-state index in [0.29, 0.717) is 36.4 Å². The van der Waals surface area contributed by atoms with Crippen LogP contribution in [0.1, 0.15) is 84.1 Å². The highest BCUT2D eigenvalue weighted by Gasteiger charge is 2.29. The van der Waals surface area contributed by atoms with Crippen LogP contribution in [0.25, 0.3) is 0 Å². The molecule has 32 heavy (non-hydrogen) atoms. The fourth-order valence-corrected chi connectivity index (χ4v) is 4.35. The zero-order chi connectivity index (χ0) is 22.7. The Morgan fingerprint density at radius 2 is 1.75 bits per heavy atom. The summed E-state index contributed by atoms with van der Waals surface area (Å²) in [6.07, 6.45) is 3.34. The molecule has 3 aromatic rings. The summed E-state index contributed by atoms with van der Waals surface area (Å²) < 4.78 is 0. The predicted octanol–water partition coefficient (Wildman–Crippen LogP) is 5.65. The Labute approximate surface area is 189 Å². The van der Waals surface area contributed by atoms with E-state index in [-0.39, 0.29) is 29.5 Å². The summed E-state index contributed by atoms with van der Waals surface area (Å²) in [6.45, 7) is 6.32. The SMILES string of the molecule is CC[C@@H](C(=O)Nc1ncc2c(n1)C[C@H](c1ccc(C(C)C)cc1)CC2=O)c1ccccc1. The molecule has 1 amide bonds. The van der Waals surface area contributed by atoms with Crippen LogP contribution in [-0.2, 0) is 11.2 Å². The van der Waals surface area contributed by atoms with Gasteiger partial charge in [-0.2, -0.15) is 0 Å². The molecular weight excluding hydrogens is 398 g/mol. The minimum Gasteiger partial charge on any atom is -0.294 e. The quantitative estimate of drug-likeness (QED) is 0.552. The third kappa shape index (κ3) is 4.62. The molecule has 1 N–H and O–H groups in total. The van der Waals surface area contributed by atoms with Gasteiger partial charge in [0.1, 0.15) is 0 Å². The molecule has 4 rings (SSSR count). The van der Waals surface area contributed by atoms with Gasteiger partial charge < -0.3 is 0 Å². The summed E-state index contributed by atoms with van der Waals surface area (Å²) in [6, 6.07) is 18.2. The molecule has 2 atom stereocenters. The Kier molecular flexibility index (Phi) is 6.45. The van der Waals surface area contributed by atoms with E-state index in [4.69, 9.17) is 0 Å². The van der Waals surface area contributed by atoms with E-state index in [9.17, 15) is 9.59 Å². The van der Waals surface area contributed by atoms with Crippen LogP contribution >= 0.6 is 0 Å². The third-order valence-corrected chi connectivity index (χ3v) is 6.28. The van der Waals surface area contributed by atoms with Crippen LogP contribution in [0.2, 0.25) is 0 Å². The Hall–Kier alpha value is -3.34. The number of ketones is 1. The topological polar surface area (TPSA) is 72.0 Å². The Morgan fingerprint density at radius 1 is 1.03 bits per heavy atom. The van der Waals surface area contributed by atoms with E-state index in [1.807, 2.05) is 37.3 Å². The molecule has 1 heterocycles. The average Bonchev–Trinajstić information content (AvgIpc) is 2.80. The lowest BCUT2D eigenvalue weighted by Gasteiger charge is -2.24. The minimum atomic E-state index is -0.273. The predicted molar refractivity (Wildman–Crippen MR) is 126 cm³/mol. The van der Waals surface area contributed by atoms with Crippen LogP contribution in [-0.4, -0.2) is 21.7 Å². The second-order valence-corrected chi connectivity index (χ2v) is 8.76. The highest BCUT2D eigenvalue weighted by Crippen LogP contribution is 2.33. The van der Waals surface area contributed by atoms with Gasteiger partial charge in [-0.15, -0.1) is 0 Å². The van der Waals surface area contributed by atoms with E-state index in [0.717, 1.165) is 11.1 Å². The number of rotatable bonds is 6. The maximum atomic E-state index is 12.9. The fraction of sp³-hybridized carbons (Fsp3) is 0.333. The molecule has 0 spiro atoms. The van der Waals surface area contributed by atoms with Gasteiger partial charge in [-0.3, -0.25) is 14.9 Å². The molecular formula is C27H29N3O2. The van der Waals surface area contributed by atoms with Crippen LogP contribution in [0.3, 0.4) is 0 Å². The maximum absolute atomic E-state index is 12.9. The number of hydrogen-bond acceptors (Lipinski definition) is 4. The van der Waals surface area contributed by atoms with Gasteiger partial charge >= 0.3 is 0 Å². The number of fused-ring (bicyclic) bond motifs is 1. The Morgan fingerprint density at radius 3 is 2.41 bits per heavy atom. The lowest BCUT2D eigenvalue weighted by Crippen LogP contribution is -2.25. The molecule has 0 fully saturated rings. The van der Waals surface area contributed by atoms with Crippen LogP contribution in [0.5, 0.6) is 0 Å². The number of amides is 1. The Bertz CT molecular complexity index is 1110. The first kappa shape index (κ1) is 21.9. The minimum absolute atomic E-state index is 0.0535. The molecule has 1 aliphatic rings. The van der Waals surface area contributed by atoms with Crippen molar-refractivity contribution in [1.29, 1.82) is 0 Å². The summed E-state index contributed by atoms with van der Waals surface area (Å²) in [7, 11) is 0. The van der Waals surface area contributed by atoms with Crippen molar-refractivity contribution >= 4 is 17.6 Å². The summed E-state index contributed by atoms with van der Waals surface area (Å²) in [4.78, 5) is 34.5. The van der Waals surface area contributed by atoms with E-state index < -0.39 is 0 Å². The number of carbonyl (C=O) groups is 2. The largest absolute Gasteiger partial charge is 0.294 e. The van der Waals surface area contributed by atoms with Crippen LogP contribution in [0.4, 0.5) is 5.95 Å². The van der Waals surface area contributed by atoms with Crippen molar-refractivity contribution in [3.05, 3.63) is 88.7 Å². The highest BCUT2D eigenvalue weighted by molar-refractivity contribution is 5.99. The zero-order valence-electron chi connectivity index (χ0n) is 18.8. The number of hydrogen-bond donors (Lipinski definition) is 1. The van der Waals surface area contributed by atoms with Crippen molar-refractivity contribution in [2.24, 2.45) is 0 Å². The standard InChI is InChI=1S/C27H29N3O2/c1-4-22(20-8-6-5-7-9-20)26(32)30-27-28-16-23-24(29-27)14-21(15-25(23)31)19-12-10-18(11-13-19)17(2)3/h5-13,16-17,21-22H,4,14-15H2,1-3H3,(H,28,29,30,32)/t21-,22+/m0/s1. The lowest BCUT2D eigenvalue weighted by atomic mass is 9.81. The van der Waals surface area contributed by atoms with Crippen molar-refractivity contribution < 1.29 is 9.59 Å². The average molecular weight is 428 g/mol. The summed E-state index contributed by atoms with van der Waals surface area (Å²) >= 11 is 0. The van der Waals surface area contributed by atoms with Crippen molar-refractivity contribution in [2.75, 3.05) is 5.32 Å². The molecule has 0 aliphatic heterocycles. The molecule has 2 aromatic carbocycles. The van der Waals surface area contributed by atoms with Crippen LogP contribution in [0.15, 0.2) is 60.8 Å². The maximum Gasteiger partial charge on any atom is 0.234 e. The van der Waals surface area contributed by atoms with E-state index in [2.05, 4.69) is 53.4 Å². The summed E-state index contributed by atoms with van der Waals surface area (Å²) in [5.74, 6) is 0.456. The smallest absolute Gasteiger partial charge is 0.234 e. The van der Waals surface area contributed by atoms with Crippen LogP contribution in [0, 0.1) is 0 Å². The number of benzene rings is 2. The molecule has 5 nitrogen and oxygen atoms in total. The van der Waals surface area contributed by atoms with Gasteiger partial charge in [0.25, 0.3) is 0 Å². The zero-order valence-corrected chi connectivity index (χ0v) is 18.8. The monoisotopic (exact) mass is 427 g/mol. The van der Waals surface area contributed by atoms with Crippen molar-refractivity contribution in [1.82, 2.24) is 9.97 Å². The number of carbonyl (C=O) groups excluding carboxylic acids is 2. The van der Waals surface area contributed by atoms with Crippen molar-refractivity contribution in [3.8, 4) is 0 Å². The first-order valence-electron chi connectivity index (χ1n) is 11.3. The van der Waals surface area contributed by atoms with Gasteiger partial charge in [0.05, 0.1) is 17.2 Å². The van der Waals surface area contributed by atoms with Crippen molar-refractivity contribution in [2.45, 2.75) is 57.8 Å². The molecule has 0 bridgehead atoms. The van der Waals surface area contributed by atoms with Gasteiger partial charge in [-0.25, -0.2) is 9.97 Å². The Balaban J connectivity index is 1.53. The van der Waals surface area contributed by atoms with E-state index >= 15 is 0 Å². The first-order chi connectivity index (χ1) is 15.5. The normalized spacial score (nSPS) is 16.5. The van der Waals surface area contributed by atoms with Gasteiger partial charge in [-0.1, -0.05) is 75.4 Å². The molecule has 0 radical (unpaired) electrons. The van der Waals surface area contributed by atoms with Gasteiger partial charge in [0.15, 0.2) is 5.78 Å². The second-order valence-electron chi connectivity index (χ2n) is 8.76. The first-order valence-corrected chi connectivity index (χ1v) is 11.3. The van der Waals surface area contributed by atoms with E-state index in [1.165, 1.54) is 5.56 Å². The van der Waals surface area contributed by atoms with Gasteiger partial charge in [0.2, 0.25) is 11.9 Å². The summed E-state index contributed by atoms with van der Waals surface area (Å²) in [5, 5.41) is 2.86. The van der Waals surface area contributed by atoms with Gasteiger partial charge in [0, 0.05) is 12.6 Å². The number of nitrogens with zero attached hydrogens (tertiary/aromatic N) is 2. The number of nitrogens with one attached hydrogen (secondary N) is 1. The lowest BCUT2D eigenvalue weighted by molar-refractivity contribution is -0.117. The van der Waals surface area contributed by atoms with Crippen molar-refractivity contribution in [3.63, 3.8) is 0 Å². The summed E-state index contributed by atoms with van der Waals surface area (Å²) in [5.41, 5.74) is 4.66. The molecule has 0 saturated carbocycles. The fourth-order valence-electron chi connectivity index (χ4n) is 4.35. The number of anilines is 1. The molecule has 5 heteroatoms. The van der Waals surface area contributed by atoms with Crippen LogP contribution < -0.4 is 5.32 Å². The van der Waals surface area contributed by atoms with Gasteiger partial charge in [-0.05, 0) is 41.4 Å². The molecule has 0 unspecified atom stereocenters. The molecule has 1 aliphatic carbocycles. The number of aromatic nitrogens is 2. The third-order valence-electron chi connectivity index (χ3n) is 6.28. The molecule has 0 saturated heterocycles. The molecule has 164 valence electrons. The molecule has 1 aromatic heterocycles. The number of Topliss-reactive ketones (excluding diaryl/α,β-unsaturated/α-hetero) is 1.